The van der Waals surface area contributed by atoms with E-state index in [9.17, 15) is 9.18 Å². The minimum Gasteiger partial charge on any atom is -0.337 e. The van der Waals surface area contributed by atoms with E-state index in [-0.39, 0.29) is 17.8 Å². The van der Waals surface area contributed by atoms with E-state index >= 15 is 0 Å². The van der Waals surface area contributed by atoms with Crippen molar-refractivity contribution in [2.24, 2.45) is 0 Å². The van der Waals surface area contributed by atoms with Crippen LogP contribution in [0.3, 0.4) is 0 Å². The van der Waals surface area contributed by atoms with Gasteiger partial charge < -0.3 is 10.2 Å². The van der Waals surface area contributed by atoms with Gasteiger partial charge in [0.15, 0.2) is 0 Å². The van der Waals surface area contributed by atoms with Gasteiger partial charge in [-0.15, -0.1) is 11.3 Å². The third kappa shape index (κ3) is 3.59. The highest BCUT2D eigenvalue weighted by atomic mass is 32.1. The molecular weight excluding hydrogens is 313 g/mol. The van der Waals surface area contributed by atoms with Crippen LogP contribution in [0.25, 0.3) is 0 Å². The van der Waals surface area contributed by atoms with Crippen molar-refractivity contribution in [3.05, 3.63) is 51.2 Å². The summed E-state index contributed by atoms with van der Waals surface area (Å²) in [6.07, 6.45) is 1.61. The second-order valence-corrected chi connectivity index (χ2v) is 6.97. The van der Waals surface area contributed by atoms with Gasteiger partial charge in [-0.2, -0.15) is 0 Å². The fraction of sp³-hybridized carbons (Fsp3) is 0.412. The van der Waals surface area contributed by atoms with Crippen molar-refractivity contribution in [3.63, 3.8) is 0 Å². The molecule has 1 aromatic heterocycles. The van der Waals surface area contributed by atoms with E-state index in [0.29, 0.717) is 11.3 Å². The molecule has 1 N–H and O–H groups in total. The predicted molar refractivity (Wildman–Crippen MR) is 89.4 cm³/mol. The SMILES string of the molecule is Cc1nc(Cc2ccc(F)cc2)sc1C(=O)N(C)[C@H]1CCNC1. The number of aryl methyl sites for hydroxylation is 1. The maximum Gasteiger partial charge on any atom is 0.265 e. The number of halogens is 1. The Morgan fingerprint density at radius 3 is 2.83 bits per heavy atom. The van der Waals surface area contributed by atoms with E-state index in [1.54, 1.807) is 12.1 Å². The number of hydrogen-bond donors (Lipinski definition) is 1. The van der Waals surface area contributed by atoms with Crippen LogP contribution in [0.1, 0.15) is 32.4 Å². The number of carbonyl (C=O) groups excluding carboxylic acids is 1. The Morgan fingerprint density at radius 2 is 2.17 bits per heavy atom. The number of likely N-dealkylation sites (N-methyl/N-ethyl adjacent to an activating group) is 1. The Kier molecular flexibility index (Phi) is 4.73. The number of hydrogen-bond acceptors (Lipinski definition) is 4. The summed E-state index contributed by atoms with van der Waals surface area (Å²) in [5, 5.41) is 4.16. The minimum absolute atomic E-state index is 0.0408. The molecule has 0 saturated carbocycles. The maximum absolute atomic E-state index is 13.0. The number of thiazole rings is 1. The van der Waals surface area contributed by atoms with Crippen LogP contribution in [0.15, 0.2) is 24.3 Å². The summed E-state index contributed by atoms with van der Waals surface area (Å²) in [4.78, 5) is 19.7. The van der Waals surface area contributed by atoms with Crippen LogP contribution in [0.2, 0.25) is 0 Å². The van der Waals surface area contributed by atoms with Crippen molar-refractivity contribution in [1.29, 1.82) is 0 Å². The molecule has 0 radical (unpaired) electrons. The van der Waals surface area contributed by atoms with Crippen LogP contribution in [0, 0.1) is 12.7 Å². The van der Waals surface area contributed by atoms with Gasteiger partial charge in [0, 0.05) is 26.1 Å². The number of nitrogens with one attached hydrogen (secondary N) is 1. The quantitative estimate of drug-likeness (QED) is 0.935. The number of aromatic nitrogens is 1. The Morgan fingerprint density at radius 1 is 1.43 bits per heavy atom. The first-order valence-corrected chi connectivity index (χ1v) is 8.55. The number of carbonyl (C=O) groups is 1. The lowest BCUT2D eigenvalue weighted by Crippen LogP contribution is -2.38. The standard InChI is InChI=1S/C17H20FN3OS/c1-11-16(17(22)21(2)14-7-8-19-10-14)23-15(20-11)9-12-3-5-13(18)6-4-12/h3-6,14,19H,7-10H2,1-2H3/t14-/m0/s1. The molecule has 23 heavy (non-hydrogen) atoms. The lowest BCUT2D eigenvalue weighted by atomic mass is 10.1. The Bertz CT molecular complexity index is 692. The molecule has 1 aromatic carbocycles. The van der Waals surface area contributed by atoms with Gasteiger partial charge in [0.05, 0.1) is 10.7 Å². The zero-order chi connectivity index (χ0) is 16.4. The van der Waals surface area contributed by atoms with E-state index in [1.165, 1.54) is 23.5 Å². The highest BCUT2D eigenvalue weighted by Gasteiger charge is 2.26. The molecule has 3 rings (SSSR count). The smallest absolute Gasteiger partial charge is 0.265 e. The second kappa shape index (κ2) is 6.76. The summed E-state index contributed by atoms with van der Waals surface area (Å²) >= 11 is 1.44. The van der Waals surface area contributed by atoms with Crippen molar-refractivity contribution in [3.8, 4) is 0 Å². The molecule has 2 heterocycles. The molecule has 1 amide bonds. The highest BCUT2D eigenvalue weighted by molar-refractivity contribution is 7.13. The molecule has 122 valence electrons. The molecule has 1 saturated heterocycles. The summed E-state index contributed by atoms with van der Waals surface area (Å²) in [6, 6.07) is 6.66. The molecule has 1 atom stereocenters. The third-order valence-electron chi connectivity index (χ3n) is 4.21. The summed E-state index contributed by atoms with van der Waals surface area (Å²) < 4.78 is 13.0. The Balaban J connectivity index is 1.74. The molecule has 0 aliphatic carbocycles. The van der Waals surface area contributed by atoms with Crippen molar-refractivity contribution in [2.75, 3.05) is 20.1 Å². The predicted octanol–water partition coefficient (Wildman–Crippen LogP) is 2.62. The molecule has 6 heteroatoms. The van der Waals surface area contributed by atoms with Gasteiger partial charge in [-0.25, -0.2) is 9.37 Å². The average molecular weight is 333 g/mol. The first-order chi connectivity index (χ1) is 11.0. The van der Waals surface area contributed by atoms with Gasteiger partial charge >= 0.3 is 0 Å². The van der Waals surface area contributed by atoms with E-state index in [4.69, 9.17) is 0 Å². The molecule has 0 spiro atoms. The van der Waals surface area contributed by atoms with E-state index in [2.05, 4.69) is 10.3 Å². The van der Waals surface area contributed by atoms with Crippen molar-refractivity contribution >= 4 is 17.2 Å². The maximum atomic E-state index is 13.0. The minimum atomic E-state index is -0.244. The highest BCUT2D eigenvalue weighted by Crippen LogP contribution is 2.23. The monoisotopic (exact) mass is 333 g/mol. The molecule has 1 fully saturated rings. The number of benzene rings is 1. The number of nitrogens with zero attached hydrogens (tertiary/aromatic N) is 2. The molecule has 0 unspecified atom stereocenters. The van der Waals surface area contributed by atoms with E-state index in [1.807, 2.05) is 18.9 Å². The second-order valence-electron chi connectivity index (χ2n) is 5.89. The number of rotatable bonds is 4. The summed E-state index contributed by atoms with van der Waals surface area (Å²) in [7, 11) is 1.86. The first-order valence-electron chi connectivity index (χ1n) is 7.73. The van der Waals surface area contributed by atoms with Gasteiger partial charge in [-0.05, 0) is 37.6 Å². The van der Waals surface area contributed by atoms with Crippen molar-refractivity contribution < 1.29 is 9.18 Å². The fourth-order valence-corrected chi connectivity index (χ4v) is 3.88. The van der Waals surface area contributed by atoms with Crippen molar-refractivity contribution in [1.82, 2.24) is 15.2 Å². The van der Waals surface area contributed by atoms with Crippen LogP contribution >= 0.6 is 11.3 Å². The summed E-state index contributed by atoms with van der Waals surface area (Å²) in [5.74, 6) is -0.203. The molecule has 2 aromatic rings. The van der Waals surface area contributed by atoms with E-state index in [0.717, 1.165) is 35.8 Å². The fourth-order valence-electron chi connectivity index (χ4n) is 2.80. The Labute approximate surface area is 139 Å². The Hall–Kier alpha value is -1.79. The van der Waals surface area contributed by atoms with Gasteiger partial charge in [0.25, 0.3) is 5.91 Å². The lowest BCUT2D eigenvalue weighted by Gasteiger charge is -2.23. The van der Waals surface area contributed by atoms with Gasteiger partial charge in [-0.3, -0.25) is 4.79 Å². The third-order valence-corrected chi connectivity index (χ3v) is 5.35. The van der Waals surface area contributed by atoms with Crippen molar-refractivity contribution in [2.45, 2.75) is 25.8 Å². The van der Waals surface area contributed by atoms with Gasteiger partial charge in [0.1, 0.15) is 10.7 Å². The van der Waals surface area contributed by atoms with Gasteiger partial charge in [-0.1, -0.05) is 12.1 Å². The van der Waals surface area contributed by atoms with Crippen LogP contribution in [-0.4, -0.2) is 42.0 Å². The summed E-state index contributed by atoms with van der Waals surface area (Å²) in [6.45, 7) is 3.68. The molecule has 0 bridgehead atoms. The molecule has 4 nitrogen and oxygen atoms in total. The van der Waals surface area contributed by atoms with Crippen LogP contribution in [-0.2, 0) is 6.42 Å². The zero-order valence-corrected chi connectivity index (χ0v) is 14.1. The average Bonchev–Trinajstić information content (AvgIpc) is 3.18. The van der Waals surface area contributed by atoms with Gasteiger partial charge in [0.2, 0.25) is 0 Å². The normalized spacial score (nSPS) is 17.4. The summed E-state index contributed by atoms with van der Waals surface area (Å²) in [5.41, 5.74) is 1.77. The topological polar surface area (TPSA) is 45.2 Å². The lowest BCUT2D eigenvalue weighted by molar-refractivity contribution is 0.0747. The van der Waals surface area contributed by atoms with Crippen LogP contribution in [0.4, 0.5) is 4.39 Å². The zero-order valence-electron chi connectivity index (χ0n) is 13.3. The largest absolute Gasteiger partial charge is 0.337 e. The van der Waals surface area contributed by atoms with Crippen LogP contribution < -0.4 is 5.32 Å². The van der Waals surface area contributed by atoms with Crippen LogP contribution in [0.5, 0.6) is 0 Å². The molecule has 1 aliphatic heterocycles. The molecular formula is C17H20FN3OS. The first kappa shape index (κ1) is 16.1. The number of amides is 1. The molecule has 1 aliphatic rings. The van der Waals surface area contributed by atoms with E-state index < -0.39 is 0 Å².